The predicted octanol–water partition coefficient (Wildman–Crippen LogP) is 3.46. The number of halogens is 1. The number of para-hydroxylation sites is 1. The van der Waals surface area contributed by atoms with E-state index in [0.29, 0.717) is 6.10 Å². The highest BCUT2D eigenvalue weighted by atomic mass is 127. The van der Waals surface area contributed by atoms with Crippen molar-refractivity contribution < 1.29 is 4.74 Å². The van der Waals surface area contributed by atoms with Gasteiger partial charge in [-0.25, -0.2) is 0 Å². The Morgan fingerprint density at radius 1 is 1.15 bits per heavy atom. The first-order valence-electron chi connectivity index (χ1n) is 9.74. The predicted molar refractivity (Wildman–Crippen MR) is 121 cm³/mol. The van der Waals surface area contributed by atoms with Crippen LogP contribution in [-0.4, -0.2) is 67.7 Å². The first-order chi connectivity index (χ1) is 12.3. The molecule has 2 rings (SSSR count). The van der Waals surface area contributed by atoms with Gasteiger partial charge in [-0.2, -0.15) is 0 Å². The number of ether oxygens (including phenoxy) is 1. The zero-order chi connectivity index (χ0) is 17.9. The second-order valence-electron chi connectivity index (χ2n) is 6.38. The second kappa shape index (κ2) is 13.2. The van der Waals surface area contributed by atoms with Crippen molar-refractivity contribution in [1.82, 2.24) is 15.1 Å². The number of piperidine rings is 1. The quantitative estimate of drug-likeness (QED) is 0.356. The van der Waals surface area contributed by atoms with Crippen molar-refractivity contribution in [1.29, 1.82) is 0 Å². The second-order valence-corrected chi connectivity index (χ2v) is 6.38. The molecule has 1 N–H and O–H groups in total. The molecule has 1 saturated heterocycles. The van der Waals surface area contributed by atoms with Gasteiger partial charge in [0, 0.05) is 39.0 Å². The van der Waals surface area contributed by atoms with E-state index in [1.807, 2.05) is 30.3 Å². The van der Waals surface area contributed by atoms with Gasteiger partial charge in [0.15, 0.2) is 5.96 Å². The molecule has 0 unspecified atom stereocenters. The molecular formula is C20H35IN4O. The fourth-order valence-corrected chi connectivity index (χ4v) is 3.14. The molecule has 0 bridgehead atoms. The number of guanidine groups is 1. The fraction of sp³-hybridized carbons (Fsp3) is 0.650. The molecule has 5 nitrogen and oxygen atoms in total. The molecule has 1 aromatic rings. The summed E-state index contributed by atoms with van der Waals surface area (Å²) < 4.78 is 6.09. The Morgan fingerprint density at radius 2 is 1.81 bits per heavy atom. The van der Waals surface area contributed by atoms with Gasteiger partial charge in [0.2, 0.25) is 0 Å². The van der Waals surface area contributed by atoms with Gasteiger partial charge in [0.25, 0.3) is 0 Å². The van der Waals surface area contributed by atoms with Crippen LogP contribution in [0.4, 0.5) is 0 Å². The van der Waals surface area contributed by atoms with Crippen LogP contribution in [0.1, 0.15) is 33.6 Å². The van der Waals surface area contributed by atoms with E-state index in [1.165, 1.54) is 0 Å². The summed E-state index contributed by atoms with van der Waals surface area (Å²) in [6.45, 7) is 13.5. The number of hydrogen-bond donors (Lipinski definition) is 1. The molecule has 1 aliphatic heterocycles. The van der Waals surface area contributed by atoms with E-state index in [0.717, 1.165) is 70.4 Å². The molecule has 6 heteroatoms. The van der Waals surface area contributed by atoms with E-state index in [4.69, 9.17) is 9.73 Å². The molecule has 0 saturated carbocycles. The number of likely N-dealkylation sites (tertiary alicyclic amines) is 1. The third-order valence-corrected chi connectivity index (χ3v) is 4.69. The molecule has 0 atom stereocenters. The van der Waals surface area contributed by atoms with Crippen LogP contribution < -0.4 is 10.1 Å². The molecule has 148 valence electrons. The molecule has 0 radical (unpaired) electrons. The number of nitrogens with zero attached hydrogens (tertiary/aromatic N) is 3. The maximum absolute atomic E-state index is 6.09. The van der Waals surface area contributed by atoms with Crippen molar-refractivity contribution in [2.24, 2.45) is 4.99 Å². The van der Waals surface area contributed by atoms with Gasteiger partial charge >= 0.3 is 0 Å². The van der Waals surface area contributed by atoms with Crippen LogP contribution >= 0.6 is 24.0 Å². The van der Waals surface area contributed by atoms with Crippen molar-refractivity contribution >= 4 is 29.9 Å². The molecule has 0 spiro atoms. The first kappa shape index (κ1) is 23.0. The minimum Gasteiger partial charge on any atom is -0.490 e. The third-order valence-electron chi connectivity index (χ3n) is 4.69. The number of aliphatic imine (C=N–C) groups is 1. The minimum absolute atomic E-state index is 0. The van der Waals surface area contributed by atoms with Crippen molar-refractivity contribution in [2.45, 2.75) is 39.7 Å². The molecule has 26 heavy (non-hydrogen) atoms. The Kier molecular flexibility index (Phi) is 11.7. The summed E-state index contributed by atoms with van der Waals surface area (Å²) in [5, 5.41) is 3.44. The Hall–Kier alpha value is -1.02. The Morgan fingerprint density at radius 3 is 2.38 bits per heavy atom. The highest BCUT2D eigenvalue weighted by Gasteiger charge is 2.22. The molecule has 0 aliphatic carbocycles. The van der Waals surface area contributed by atoms with Crippen molar-refractivity contribution in [3.63, 3.8) is 0 Å². The number of rotatable bonds is 8. The maximum Gasteiger partial charge on any atom is 0.193 e. The molecule has 1 aliphatic rings. The summed E-state index contributed by atoms with van der Waals surface area (Å²) >= 11 is 0. The van der Waals surface area contributed by atoms with Crippen LogP contribution in [0.3, 0.4) is 0 Å². The number of benzene rings is 1. The highest BCUT2D eigenvalue weighted by molar-refractivity contribution is 14.0. The Bertz CT molecular complexity index is 500. The fourth-order valence-electron chi connectivity index (χ4n) is 3.14. The van der Waals surface area contributed by atoms with Crippen LogP contribution in [0, 0.1) is 0 Å². The van der Waals surface area contributed by atoms with Crippen molar-refractivity contribution in [3.05, 3.63) is 30.3 Å². The molecular weight excluding hydrogens is 439 g/mol. The summed E-state index contributed by atoms with van der Waals surface area (Å²) in [6, 6.07) is 10.1. The maximum atomic E-state index is 6.09. The van der Waals surface area contributed by atoms with Crippen molar-refractivity contribution in [3.8, 4) is 5.75 Å². The molecule has 0 aromatic heterocycles. The lowest BCUT2D eigenvalue weighted by atomic mass is 10.1. The van der Waals surface area contributed by atoms with Gasteiger partial charge in [0.05, 0.1) is 6.54 Å². The van der Waals surface area contributed by atoms with Crippen LogP contribution in [0.15, 0.2) is 35.3 Å². The topological polar surface area (TPSA) is 40.1 Å². The number of hydrogen-bond acceptors (Lipinski definition) is 3. The average Bonchev–Trinajstić information content (AvgIpc) is 2.66. The van der Waals surface area contributed by atoms with E-state index < -0.39 is 0 Å². The lowest BCUT2D eigenvalue weighted by Crippen LogP contribution is -2.47. The highest BCUT2D eigenvalue weighted by Crippen LogP contribution is 2.18. The smallest absolute Gasteiger partial charge is 0.193 e. The van der Waals surface area contributed by atoms with Crippen LogP contribution in [0.2, 0.25) is 0 Å². The largest absolute Gasteiger partial charge is 0.490 e. The number of likely N-dealkylation sites (N-methyl/N-ethyl adjacent to an activating group) is 1. The Labute approximate surface area is 176 Å². The summed E-state index contributed by atoms with van der Waals surface area (Å²) in [5.41, 5.74) is 0. The van der Waals surface area contributed by atoms with Gasteiger partial charge in [-0.15, -0.1) is 24.0 Å². The summed E-state index contributed by atoms with van der Waals surface area (Å²) in [7, 11) is 0. The summed E-state index contributed by atoms with van der Waals surface area (Å²) in [6.07, 6.45) is 2.38. The SMILES string of the molecule is CCNC(=NCCN(CC)CC)N1CCC(Oc2ccccc2)CC1.I. The lowest BCUT2D eigenvalue weighted by molar-refractivity contribution is 0.129. The van der Waals surface area contributed by atoms with Gasteiger partial charge in [-0.3, -0.25) is 4.99 Å². The zero-order valence-electron chi connectivity index (χ0n) is 16.5. The van der Waals surface area contributed by atoms with E-state index in [1.54, 1.807) is 0 Å². The standard InChI is InChI=1S/C20H34N4O.HI/c1-4-21-20(22-14-17-23(5-2)6-3)24-15-12-19(13-16-24)25-18-10-8-7-9-11-18;/h7-11,19H,4-6,12-17H2,1-3H3,(H,21,22);1H. The average molecular weight is 474 g/mol. The van der Waals surface area contributed by atoms with Crippen LogP contribution in [-0.2, 0) is 0 Å². The van der Waals surface area contributed by atoms with Crippen LogP contribution in [0.25, 0.3) is 0 Å². The zero-order valence-corrected chi connectivity index (χ0v) is 18.8. The van der Waals surface area contributed by atoms with E-state index >= 15 is 0 Å². The van der Waals surface area contributed by atoms with Gasteiger partial charge < -0.3 is 19.9 Å². The van der Waals surface area contributed by atoms with E-state index in [2.05, 4.69) is 35.9 Å². The van der Waals surface area contributed by atoms with E-state index in [-0.39, 0.29) is 24.0 Å². The Balaban J connectivity index is 0.00000338. The third kappa shape index (κ3) is 7.70. The first-order valence-corrected chi connectivity index (χ1v) is 9.74. The molecule has 1 heterocycles. The lowest BCUT2D eigenvalue weighted by Gasteiger charge is -2.34. The monoisotopic (exact) mass is 474 g/mol. The molecule has 1 fully saturated rings. The molecule has 0 amide bonds. The molecule has 1 aromatic carbocycles. The van der Waals surface area contributed by atoms with Gasteiger partial charge in [-0.05, 0) is 32.1 Å². The summed E-state index contributed by atoms with van der Waals surface area (Å²) in [4.78, 5) is 9.61. The van der Waals surface area contributed by atoms with Crippen molar-refractivity contribution in [2.75, 3.05) is 45.8 Å². The van der Waals surface area contributed by atoms with Gasteiger partial charge in [-0.1, -0.05) is 32.0 Å². The van der Waals surface area contributed by atoms with Gasteiger partial charge in [0.1, 0.15) is 11.9 Å². The number of nitrogens with one attached hydrogen (secondary N) is 1. The summed E-state index contributed by atoms with van der Waals surface area (Å²) in [5.74, 6) is 2.02. The normalized spacial score (nSPS) is 15.7. The van der Waals surface area contributed by atoms with Crippen LogP contribution in [0.5, 0.6) is 5.75 Å². The van der Waals surface area contributed by atoms with E-state index in [9.17, 15) is 0 Å². The minimum atomic E-state index is 0.